The highest BCUT2D eigenvalue weighted by Crippen LogP contribution is 2.34. The van der Waals surface area contributed by atoms with Gasteiger partial charge in [0, 0.05) is 24.3 Å². The van der Waals surface area contributed by atoms with Crippen LogP contribution in [-0.4, -0.2) is 26.9 Å². The minimum absolute atomic E-state index is 0. The number of carbonyl (C=O) groups is 1. The fourth-order valence-corrected chi connectivity index (χ4v) is 4.47. The summed E-state index contributed by atoms with van der Waals surface area (Å²) in [4.78, 5) is 19.8. The zero-order valence-corrected chi connectivity index (χ0v) is 21.3. The summed E-state index contributed by atoms with van der Waals surface area (Å²) in [6.45, 7) is 3.20. The van der Waals surface area contributed by atoms with Gasteiger partial charge in [-0.3, -0.25) is 4.79 Å². The molecule has 0 radical (unpaired) electrons. The van der Waals surface area contributed by atoms with E-state index in [0.717, 1.165) is 5.56 Å². The van der Waals surface area contributed by atoms with Crippen LogP contribution in [0.3, 0.4) is 0 Å². The van der Waals surface area contributed by atoms with Crippen molar-refractivity contribution in [2.24, 2.45) is 0 Å². The SMILES string of the molecule is C[C@H](C(=O)N1CCn2c(nc(-c3cccc(F)c3)c2Nc2ccc(Cl)c(F)c2)C1)c1ccccc1.S. The number of amides is 1. The lowest BCUT2D eigenvalue weighted by Gasteiger charge is -2.30. The van der Waals surface area contributed by atoms with Crippen molar-refractivity contribution in [1.82, 2.24) is 14.5 Å². The Labute approximate surface area is 220 Å². The van der Waals surface area contributed by atoms with Crippen molar-refractivity contribution in [3.05, 3.63) is 101 Å². The Hall–Kier alpha value is -3.36. The summed E-state index contributed by atoms with van der Waals surface area (Å²) >= 11 is 5.84. The van der Waals surface area contributed by atoms with E-state index in [1.54, 1.807) is 23.1 Å². The molecule has 186 valence electrons. The second-order valence-corrected chi connectivity index (χ2v) is 8.94. The predicted octanol–water partition coefficient (Wildman–Crippen LogP) is 6.48. The summed E-state index contributed by atoms with van der Waals surface area (Å²) in [5, 5.41) is 3.26. The number of imidazole rings is 1. The molecule has 3 aromatic carbocycles. The lowest BCUT2D eigenvalue weighted by atomic mass is 9.99. The first-order chi connectivity index (χ1) is 16.9. The van der Waals surface area contributed by atoms with Crippen LogP contribution in [0.15, 0.2) is 72.8 Å². The molecule has 9 heteroatoms. The van der Waals surface area contributed by atoms with Gasteiger partial charge in [0.05, 0.1) is 17.5 Å². The smallest absolute Gasteiger partial charge is 0.230 e. The summed E-state index contributed by atoms with van der Waals surface area (Å²) < 4.78 is 30.1. The summed E-state index contributed by atoms with van der Waals surface area (Å²) in [6.07, 6.45) is 0. The minimum Gasteiger partial charge on any atom is -0.340 e. The largest absolute Gasteiger partial charge is 0.340 e. The minimum atomic E-state index is -0.547. The second kappa shape index (κ2) is 10.7. The van der Waals surface area contributed by atoms with Gasteiger partial charge in [0.2, 0.25) is 5.91 Å². The zero-order chi connectivity index (χ0) is 24.5. The van der Waals surface area contributed by atoms with E-state index in [9.17, 15) is 13.6 Å². The number of hydrogen-bond acceptors (Lipinski definition) is 3. The Balaban J connectivity index is 0.00000304. The monoisotopic (exact) mass is 526 g/mol. The van der Waals surface area contributed by atoms with Crippen LogP contribution in [0.4, 0.5) is 20.3 Å². The molecule has 1 amide bonds. The molecule has 0 saturated carbocycles. The molecule has 1 atom stereocenters. The van der Waals surface area contributed by atoms with E-state index < -0.39 is 5.82 Å². The molecule has 0 bridgehead atoms. The van der Waals surface area contributed by atoms with Crippen LogP contribution < -0.4 is 5.32 Å². The number of benzene rings is 3. The second-order valence-electron chi connectivity index (χ2n) is 8.53. The number of nitrogens with one attached hydrogen (secondary N) is 1. The maximum absolute atomic E-state index is 14.1. The summed E-state index contributed by atoms with van der Waals surface area (Å²) in [6, 6.07) is 20.3. The molecule has 0 aliphatic carbocycles. The fourth-order valence-electron chi connectivity index (χ4n) is 4.35. The molecular formula is C27H25ClF2N4OS. The lowest BCUT2D eigenvalue weighted by molar-refractivity contribution is -0.134. The van der Waals surface area contributed by atoms with Crippen molar-refractivity contribution in [3.63, 3.8) is 0 Å². The number of nitrogens with zero attached hydrogens (tertiary/aromatic N) is 3. The van der Waals surface area contributed by atoms with Gasteiger partial charge < -0.3 is 14.8 Å². The molecule has 0 spiro atoms. The Morgan fingerprint density at radius 3 is 2.53 bits per heavy atom. The average Bonchev–Trinajstić information content (AvgIpc) is 3.23. The maximum Gasteiger partial charge on any atom is 0.230 e. The highest BCUT2D eigenvalue weighted by atomic mass is 35.5. The number of anilines is 2. The Bertz CT molecular complexity index is 1400. The highest BCUT2D eigenvalue weighted by molar-refractivity contribution is 7.59. The zero-order valence-electron chi connectivity index (χ0n) is 19.5. The summed E-state index contributed by atoms with van der Waals surface area (Å²) in [5.41, 5.74) is 2.56. The van der Waals surface area contributed by atoms with E-state index in [1.165, 1.54) is 24.3 Å². The van der Waals surface area contributed by atoms with Gasteiger partial charge in [0.25, 0.3) is 0 Å². The summed E-state index contributed by atoms with van der Waals surface area (Å²) in [7, 11) is 0. The molecule has 0 unspecified atom stereocenters. The number of rotatable bonds is 5. The van der Waals surface area contributed by atoms with Crippen molar-refractivity contribution in [2.75, 3.05) is 11.9 Å². The molecular weight excluding hydrogens is 502 g/mol. The van der Waals surface area contributed by atoms with Gasteiger partial charge in [-0.2, -0.15) is 13.5 Å². The van der Waals surface area contributed by atoms with Gasteiger partial charge >= 0.3 is 0 Å². The lowest BCUT2D eigenvalue weighted by Crippen LogP contribution is -2.40. The molecule has 1 aliphatic heterocycles. The number of hydrogen-bond donors (Lipinski definition) is 1. The molecule has 0 saturated heterocycles. The number of halogens is 3. The van der Waals surface area contributed by atoms with Crippen molar-refractivity contribution >= 4 is 42.5 Å². The topological polar surface area (TPSA) is 50.2 Å². The maximum atomic E-state index is 14.1. The van der Waals surface area contributed by atoms with E-state index in [4.69, 9.17) is 16.6 Å². The van der Waals surface area contributed by atoms with Crippen LogP contribution in [0.1, 0.15) is 24.2 Å². The average molecular weight is 527 g/mol. The molecule has 1 N–H and O–H groups in total. The van der Waals surface area contributed by atoms with Gasteiger partial charge in [-0.15, -0.1) is 0 Å². The van der Waals surface area contributed by atoms with E-state index in [0.29, 0.717) is 48.2 Å². The van der Waals surface area contributed by atoms with Crippen LogP contribution in [0.2, 0.25) is 5.02 Å². The first kappa shape index (κ1) is 25.7. The van der Waals surface area contributed by atoms with Gasteiger partial charge in [0.1, 0.15) is 29.0 Å². The van der Waals surface area contributed by atoms with Crippen LogP contribution in [-0.2, 0) is 17.9 Å². The number of fused-ring (bicyclic) bond motifs is 1. The van der Waals surface area contributed by atoms with Crippen molar-refractivity contribution in [2.45, 2.75) is 25.9 Å². The molecule has 1 aromatic heterocycles. The molecule has 5 nitrogen and oxygen atoms in total. The van der Waals surface area contributed by atoms with Crippen LogP contribution in [0.25, 0.3) is 11.3 Å². The first-order valence-electron chi connectivity index (χ1n) is 11.3. The summed E-state index contributed by atoms with van der Waals surface area (Å²) in [5.74, 6) is 0.0816. The van der Waals surface area contributed by atoms with Crippen LogP contribution in [0.5, 0.6) is 0 Å². The van der Waals surface area contributed by atoms with Crippen LogP contribution in [0, 0.1) is 11.6 Å². The first-order valence-corrected chi connectivity index (χ1v) is 11.7. The highest BCUT2D eigenvalue weighted by Gasteiger charge is 2.29. The van der Waals surface area contributed by atoms with E-state index in [1.807, 2.05) is 41.8 Å². The Morgan fingerprint density at radius 2 is 1.81 bits per heavy atom. The van der Waals surface area contributed by atoms with E-state index >= 15 is 0 Å². The molecule has 1 aliphatic rings. The molecule has 2 heterocycles. The van der Waals surface area contributed by atoms with Crippen molar-refractivity contribution in [3.8, 4) is 11.3 Å². The van der Waals surface area contributed by atoms with Gasteiger partial charge in [-0.1, -0.05) is 54.1 Å². The quantitative estimate of drug-likeness (QED) is 0.323. The molecule has 5 rings (SSSR count). The molecule has 0 fully saturated rings. The Morgan fingerprint density at radius 1 is 1.03 bits per heavy atom. The van der Waals surface area contributed by atoms with Crippen LogP contribution >= 0.6 is 25.1 Å². The molecule has 36 heavy (non-hydrogen) atoms. The predicted molar refractivity (Wildman–Crippen MR) is 143 cm³/mol. The van der Waals surface area contributed by atoms with Crippen molar-refractivity contribution < 1.29 is 13.6 Å². The van der Waals surface area contributed by atoms with Gasteiger partial charge in [-0.05, 0) is 42.8 Å². The number of carbonyl (C=O) groups excluding carboxylic acids is 1. The van der Waals surface area contributed by atoms with E-state index in [2.05, 4.69) is 5.32 Å². The normalized spacial score (nSPS) is 13.5. The number of aromatic nitrogens is 2. The van der Waals surface area contributed by atoms with Gasteiger partial charge in [-0.25, -0.2) is 13.8 Å². The fraction of sp³-hybridized carbons (Fsp3) is 0.185. The third-order valence-corrected chi connectivity index (χ3v) is 6.54. The van der Waals surface area contributed by atoms with Gasteiger partial charge in [0.15, 0.2) is 0 Å². The standard InChI is InChI=1S/C27H23ClF2N4O.H2S/c1-17(18-6-3-2-4-7-18)27(35)33-12-13-34-24(16-33)32-25(19-8-5-9-20(29)14-19)26(34)31-21-10-11-22(28)23(30)15-21;/h2-11,14-15,17,31H,12-13,16H2,1H3;1H2/t17-;/m0./s1. The molecule has 4 aromatic rings. The van der Waals surface area contributed by atoms with Crippen molar-refractivity contribution in [1.29, 1.82) is 0 Å². The third kappa shape index (κ3) is 5.10. The Kier molecular flexibility index (Phi) is 7.66. The third-order valence-electron chi connectivity index (χ3n) is 6.23. The van der Waals surface area contributed by atoms with E-state index in [-0.39, 0.29) is 36.2 Å².